The summed E-state index contributed by atoms with van der Waals surface area (Å²) in [5.41, 5.74) is 4.01. The van der Waals surface area contributed by atoms with Crippen LogP contribution in [0.4, 0.5) is 0 Å². The van der Waals surface area contributed by atoms with Gasteiger partial charge in [0.1, 0.15) is 5.75 Å². The lowest BCUT2D eigenvalue weighted by molar-refractivity contribution is -0.157. The molecule has 3 rings (SSSR count). The number of ether oxygens (including phenoxy) is 4. The number of carbonyl (C=O) groups excluding carboxylic acids is 2. The molecule has 0 aromatic heterocycles. The summed E-state index contributed by atoms with van der Waals surface area (Å²) in [7, 11) is -0.452. The number of carbonyl (C=O) groups is 2. The van der Waals surface area contributed by atoms with Crippen LogP contribution in [0.25, 0.3) is 0 Å². The first kappa shape index (κ1) is 42.6. The smallest absolute Gasteiger partial charge is 0.331 e. The Morgan fingerprint density at radius 3 is 2.48 bits per heavy atom. The van der Waals surface area contributed by atoms with Crippen molar-refractivity contribution in [3.8, 4) is 5.75 Å². The van der Waals surface area contributed by atoms with Gasteiger partial charge in [0.2, 0.25) is 5.91 Å². The number of nitrogens with one attached hydrogen (secondary N) is 1. The molecule has 52 heavy (non-hydrogen) atoms. The van der Waals surface area contributed by atoms with Gasteiger partial charge in [0.15, 0.2) is 20.6 Å². The fraction of sp³-hybridized carbons (Fsp3) is 0.488. The van der Waals surface area contributed by atoms with Crippen molar-refractivity contribution in [2.45, 2.75) is 129 Å². The molecule has 2 bridgehead atoms. The molecule has 9 heteroatoms. The van der Waals surface area contributed by atoms with Crippen molar-refractivity contribution in [1.82, 2.24) is 5.32 Å². The number of rotatable bonds is 10. The van der Waals surface area contributed by atoms with Gasteiger partial charge in [-0.15, -0.1) is 0 Å². The molecule has 5 atom stereocenters. The van der Waals surface area contributed by atoms with Gasteiger partial charge >= 0.3 is 5.97 Å². The lowest BCUT2D eigenvalue weighted by Gasteiger charge is -2.39. The summed E-state index contributed by atoms with van der Waals surface area (Å²) in [5.74, 6) is -0.195. The van der Waals surface area contributed by atoms with Crippen LogP contribution >= 0.6 is 0 Å². The standard InChI is InChI=1S/C43H61NO7Si/c1-11-12-13-19-40(45)44-42(48-30-34-21-23-35(47-8)24-22-34)39-29-33(4)28-38-27-32(3)26-36(49-38)17-15-18-37(51-52(9,10)43(5,6)7)25-31(2)16-14-20-41(46)50-39/h11-16,18-24,28,36-39,42H,3,17,25-27,29-30H2,1-2,4-10H3,(H,44,45)/b12-11+,18-15+,19-13-,20-14+,31-16-,33-28+/t36-,37+,38-,39-,42+/m1/s1. The second-order valence-corrected chi connectivity index (χ2v) is 20.0. The second kappa shape index (κ2) is 20.5. The van der Waals surface area contributed by atoms with Crippen LogP contribution in [-0.2, 0) is 34.8 Å². The van der Waals surface area contributed by atoms with Crippen molar-refractivity contribution in [2.75, 3.05) is 7.11 Å². The highest BCUT2D eigenvalue weighted by Crippen LogP contribution is 2.38. The van der Waals surface area contributed by atoms with E-state index < -0.39 is 26.6 Å². The van der Waals surface area contributed by atoms with E-state index in [1.165, 1.54) is 12.2 Å². The zero-order valence-corrected chi connectivity index (χ0v) is 33.8. The number of allylic oxidation sites excluding steroid dienone is 5. The van der Waals surface area contributed by atoms with Crippen LogP contribution in [0, 0.1) is 0 Å². The van der Waals surface area contributed by atoms with Crippen molar-refractivity contribution in [2.24, 2.45) is 0 Å². The third kappa shape index (κ3) is 14.7. The van der Waals surface area contributed by atoms with Crippen LogP contribution in [0.1, 0.15) is 79.2 Å². The Balaban J connectivity index is 1.98. The molecule has 0 spiro atoms. The quantitative estimate of drug-likeness (QED) is 0.0641. The van der Waals surface area contributed by atoms with Crippen molar-refractivity contribution < 1.29 is 33.0 Å². The van der Waals surface area contributed by atoms with E-state index in [1.807, 2.05) is 57.2 Å². The van der Waals surface area contributed by atoms with Crippen molar-refractivity contribution in [1.29, 1.82) is 0 Å². The van der Waals surface area contributed by atoms with E-state index in [-0.39, 0.29) is 35.9 Å². The zero-order chi connectivity index (χ0) is 38.3. The van der Waals surface area contributed by atoms with Crippen molar-refractivity contribution >= 4 is 20.2 Å². The molecule has 0 saturated carbocycles. The second-order valence-electron chi connectivity index (χ2n) is 15.3. The number of cyclic esters (lactones) is 1. The van der Waals surface area contributed by atoms with Gasteiger partial charge in [-0.2, -0.15) is 0 Å². The third-order valence-electron chi connectivity index (χ3n) is 9.53. The first-order valence-electron chi connectivity index (χ1n) is 18.3. The van der Waals surface area contributed by atoms with E-state index in [0.29, 0.717) is 19.3 Å². The van der Waals surface area contributed by atoms with E-state index in [1.54, 1.807) is 25.3 Å². The molecule has 1 aromatic rings. The number of hydrogen-bond acceptors (Lipinski definition) is 7. The molecule has 1 amide bonds. The van der Waals surface area contributed by atoms with Gasteiger partial charge in [0.25, 0.3) is 0 Å². The Bertz CT molecular complexity index is 1530. The van der Waals surface area contributed by atoms with Crippen molar-refractivity contribution in [3.63, 3.8) is 0 Å². The maximum Gasteiger partial charge on any atom is 0.331 e. The van der Waals surface area contributed by atoms with Gasteiger partial charge in [-0.1, -0.05) is 105 Å². The average molecular weight is 732 g/mol. The molecule has 284 valence electrons. The van der Waals surface area contributed by atoms with Gasteiger partial charge in [-0.25, -0.2) is 4.79 Å². The molecule has 0 radical (unpaired) electrons. The Labute approximate surface area is 313 Å². The average Bonchev–Trinajstić information content (AvgIpc) is 3.05. The molecular formula is C43H61NO7Si. The van der Waals surface area contributed by atoms with Crippen LogP contribution in [0.15, 0.2) is 108 Å². The molecule has 1 aromatic carbocycles. The van der Waals surface area contributed by atoms with Crippen LogP contribution in [0.5, 0.6) is 5.75 Å². The minimum atomic E-state index is -2.06. The Morgan fingerprint density at radius 1 is 1.08 bits per heavy atom. The predicted octanol–water partition coefficient (Wildman–Crippen LogP) is 9.38. The van der Waals surface area contributed by atoms with Crippen molar-refractivity contribution in [3.05, 3.63) is 114 Å². The number of hydrogen-bond donors (Lipinski definition) is 1. The Kier molecular flexibility index (Phi) is 16.8. The summed E-state index contributed by atoms with van der Waals surface area (Å²) in [6.45, 7) is 21.6. The lowest BCUT2D eigenvalue weighted by atomic mass is 9.95. The first-order valence-corrected chi connectivity index (χ1v) is 21.2. The number of methoxy groups -OCH3 is 1. The maximum absolute atomic E-state index is 13.4. The normalized spacial score (nSPS) is 26.6. The molecule has 2 aliphatic heterocycles. The molecule has 0 unspecified atom stereocenters. The van der Waals surface area contributed by atoms with E-state index in [2.05, 4.69) is 64.0 Å². The van der Waals surface area contributed by atoms with E-state index >= 15 is 0 Å². The van der Waals surface area contributed by atoms with Crippen LogP contribution in [0.3, 0.4) is 0 Å². The number of esters is 1. The maximum atomic E-state index is 13.4. The fourth-order valence-corrected chi connectivity index (χ4v) is 7.00. The molecular weight excluding hydrogens is 671 g/mol. The van der Waals surface area contributed by atoms with Gasteiger partial charge in [-0.3, -0.25) is 4.79 Å². The molecule has 0 aliphatic carbocycles. The molecule has 1 fully saturated rings. The van der Waals surface area contributed by atoms with E-state index in [0.717, 1.165) is 40.9 Å². The Morgan fingerprint density at radius 2 is 1.81 bits per heavy atom. The summed E-state index contributed by atoms with van der Waals surface area (Å²) in [5, 5.41) is 2.99. The molecule has 2 aliphatic rings. The Hall–Kier alpha value is -3.76. The number of amides is 1. The molecule has 1 saturated heterocycles. The van der Waals surface area contributed by atoms with Gasteiger partial charge in [0, 0.05) is 18.6 Å². The van der Waals surface area contributed by atoms with Gasteiger partial charge in [-0.05, 0) is 82.3 Å². The monoisotopic (exact) mass is 731 g/mol. The number of fused-ring (bicyclic) bond motifs is 2. The number of benzene rings is 1. The molecule has 8 nitrogen and oxygen atoms in total. The highest BCUT2D eigenvalue weighted by atomic mass is 28.4. The fourth-order valence-electron chi connectivity index (χ4n) is 5.73. The van der Waals surface area contributed by atoms with Crippen LogP contribution < -0.4 is 10.1 Å². The summed E-state index contributed by atoms with van der Waals surface area (Å²) in [4.78, 5) is 26.4. The van der Waals surface area contributed by atoms with E-state index in [9.17, 15) is 9.59 Å². The summed E-state index contributed by atoms with van der Waals surface area (Å²) < 4.78 is 31.1. The first-order chi connectivity index (χ1) is 24.6. The lowest BCUT2D eigenvalue weighted by Crippen LogP contribution is -2.46. The third-order valence-corrected chi connectivity index (χ3v) is 14.0. The summed E-state index contributed by atoms with van der Waals surface area (Å²) >= 11 is 0. The van der Waals surface area contributed by atoms with Gasteiger partial charge in [0.05, 0.1) is 32.0 Å². The SMILES string of the molecule is C=C1C[C@H]2C/C=C/[C@H](O[Si](C)(C)C(C)(C)C)C/C(C)=C\C=C\C(=O)O[C@@H]([C@@H](NC(=O)/C=C\C=C\C)OCc3ccc(OC)cc3)C/C(C)=C/[C@@H](C1)O2. The zero-order valence-electron chi connectivity index (χ0n) is 32.8. The highest BCUT2D eigenvalue weighted by Gasteiger charge is 2.39. The minimum Gasteiger partial charge on any atom is -0.497 e. The topological polar surface area (TPSA) is 92.3 Å². The molecule has 1 N–H and O–H groups in total. The molecule has 2 heterocycles. The van der Waals surface area contributed by atoms with Gasteiger partial charge < -0.3 is 28.7 Å². The van der Waals surface area contributed by atoms with Crippen LogP contribution in [0.2, 0.25) is 18.1 Å². The summed E-state index contributed by atoms with van der Waals surface area (Å²) in [6, 6.07) is 7.48. The predicted molar refractivity (Wildman–Crippen MR) is 212 cm³/mol. The van der Waals surface area contributed by atoms with Crippen LogP contribution in [-0.4, -0.2) is 57.9 Å². The summed E-state index contributed by atoms with van der Waals surface area (Å²) in [6.07, 6.45) is 19.3. The highest BCUT2D eigenvalue weighted by molar-refractivity contribution is 6.74. The largest absolute Gasteiger partial charge is 0.497 e. The van der Waals surface area contributed by atoms with E-state index in [4.69, 9.17) is 23.4 Å². The minimum absolute atomic E-state index is 0.0176.